The molecule has 2 heterocycles. The fourth-order valence-corrected chi connectivity index (χ4v) is 5.13. The van der Waals surface area contributed by atoms with E-state index >= 15 is 0 Å². The van der Waals surface area contributed by atoms with E-state index in [4.69, 9.17) is 16.3 Å². The van der Waals surface area contributed by atoms with Gasteiger partial charge in [-0.2, -0.15) is 4.31 Å². The van der Waals surface area contributed by atoms with Crippen LogP contribution in [0.15, 0.2) is 16.3 Å². The zero-order chi connectivity index (χ0) is 18.6. The zero-order valence-corrected chi connectivity index (χ0v) is 16.4. The zero-order valence-electron chi connectivity index (χ0n) is 14.0. The van der Waals surface area contributed by atoms with Gasteiger partial charge in [-0.3, -0.25) is 4.79 Å². The van der Waals surface area contributed by atoms with Gasteiger partial charge in [-0.1, -0.05) is 11.6 Å². The Balaban J connectivity index is 1.91. The van der Waals surface area contributed by atoms with Gasteiger partial charge in [-0.05, 0) is 19.1 Å². The Bertz CT molecular complexity index is 729. The molecule has 0 saturated carbocycles. The van der Waals surface area contributed by atoms with Gasteiger partial charge in [0.25, 0.3) is 10.0 Å². The summed E-state index contributed by atoms with van der Waals surface area (Å²) in [6.45, 7) is 3.18. The first kappa shape index (κ1) is 20.0. The van der Waals surface area contributed by atoms with Crippen molar-refractivity contribution < 1.29 is 22.7 Å². The van der Waals surface area contributed by atoms with E-state index < -0.39 is 16.1 Å². The lowest BCUT2D eigenvalue weighted by atomic mass is 10.3. The first-order valence-corrected chi connectivity index (χ1v) is 10.3. The summed E-state index contributed by atoms with van der Waals surface area (Å²) in [5.41, 5.74) is 0. The average Bonchev–Trinajstić information content (AvgIpc) is 3.02. The summed E-state index contributed by atoms with van der Waals surface area (Å²) in [5.74, 6) is -0.308. The van der Waals surface area contributed by atoms with Crippen LogP contribution in [0.25, 0.3) is 0 Å². The van der Waals surface area contributed by atoms with E-state index in [0.29, 0.717) is 37.1 Å². The van der Waals surface area contributed by atoms with Crippen molar-refractivity contribution in [2.75, 3.05) is 46.4 Å². The van der Waals surface area contributed by atoms with Crippen molar-refractivity contribution in [3.63, 3.8) is 0 Å². The SMILES string of the molecule is CCOC(=O)N1CCN(C(=O)CN(C)S(=O)(=O)c2ccc(Cl)s2)CC1. The minimum atomic E-state index is -3.75. The van der Waals surface area contributed by atoms with Crippen LogP contribution in [-0.4, -0.2) is 80.9 Å². The molecule has 140 valence electrons. The first-order chi connectivity index (χ1) is 11.8. The molecule has 1 fully saturated rings. The lowest BCUT2D eigenvalue weighted by Crippen LogP contribution is -2.52. The van der Waals surface area contributed by atoms with Crippen molar-refractivity contribution in [2.45, 2.75) is 11.1 Å². The molecule has 8 nitrogen and oxygen atoms in total. The second-order valence-electron chi connectivity index (χ2n) is 5.39. The number of carbonyl (C=O) groups is 2. The quantitative estimate of drug-likeness (QED) is 0.732. The molecule has 0 aromatic carbocycles. The summed E-state index contributed by atoms with van der Waals surface area (Å²) in [5, 5.41) is 0. The van der Waals surface area contributed by atoms with E-state index in [1.165, 1.54) is 24.1 Å². The number of halogens is 1. The molecule has 0 radical (unpaired) electrons. The molecular weight excluding hydrogens is 390 g/mol. The van der Waals surface area contributed by atoms with Gasteiger partial charge in [0.15, 0.2) is 0 Å². The van der Waals surface area contributed by atoms with Crippen LogP contribution in [0.1, 0.15) is 6.92 Å². The van der Waals surface area contributed by atoms with Gasteiger partial charge in [0, 0.05) is 33.2 Å². The van der Waals surface area contributed by atoms with E-state index in [0.717, 1.165) is 15.6 Å². The third-order valence-corrected chi connectivity index (χ3v) is 7.23. The van der Waals surface area contributed by atoms with E-state index in [9.17, 15) is 18.0 Å². The van der Waals surface area contributed by atoms with Gasteiger partial charge in [0.1, 0.15) is 4.21 Å². The number of amides is 2. The molecule has 0 unspecified atom stereocenters. The van der Waals surface area contributed by atoms with Crippen molar-refractivity contribution in [2.24, 2.45) is 0 Å². The highest BCUT2D eigenvalue weighted by Crippen LogP contribution is 2.27. The largest absolute Gasteiger partial charge is 0.450 e. The summed E-state index contributed by atoms with van der Waals surface area (Å²) in [6.07, 6.45) is -0.399. The highest BCUT2D eigenvalue weighted by Gasteiger charge is 2.29. The highest BCUT2D eigenvalue weighted by molar-refractivity contribution is 7.91. The fraction of sp³-hybridized carbons (Fsp3) is 0.571. The Morgan fingerprint density at radius 1 is 1.24 bits per heavy atom. The summed E-state index contributed by atoms with van der Waals surface area (Å²) in [6, 6.07) is 2.92. The maximum absolute atomic E-state index is 12.4. The molecular formula is C14H20ClN3O5S2. The predicted octanol–water partition coefficient (Wildman–Crippen LogP) is 1.32. The number of sulfonamides is 1. The highest BCUT2D eigenvalue weighted by atomic mass is 35.5. The molecule has 1 saturated heterocycles. The number of carbonyl (C=O) groups excluding carboxylic acids is 2. The number of piperazine rings is 1. The topological polar surface area (TPSA) is 87.2 Å². The molecule has 0 bridgehead atoms. The standard InChI is InChI=1S/C14H20ClN3O5S2/c1-3-23-14(20)18-8-6-17(7-9-18)12(19)10-16(2)25(21,22)13-5-4-11(15)24-13/h4-5H,3,6-10H2,1-2H3. The molecule has 0 spiro atoms. The third kappa shape index (κ3) is 4.84. The Morgan fingerprint density at radius 3 is 2.36 bits per heavy atom. The second kappa shape index (κ2) is 8.35. The Labute approximate surface area is 155 Å². The van der Waals surface area contributed by atoms with Crippen LogP contribution >= 0.6 is 22.9 Å². The van der Waals surface area contributed by atoms with Gasteiger partial charge >= 0.3 is 6.09 Å². The minimum Gasteiger partial charge on any atom is -0.450 e. The summed E-state index contributed by atoms with van der Waals surface area (Å²) in [4.78, 5) is 27.1. The molecule has 0 N–H and O–H groups in total. The fourth-order valence-electron chi connectivity index (χ4n) is 2.32. The maximum atomic E-state index is 12.4. The van der Waals surface area contributed by atoms with Crippen LogP contribution in [-0.2, 0) is 19.6 Å². The van der Waals surface area contributed by atoms with E-state index in [1.807, 2.05) is 0 Å². The van der Waals surface area contributed by atoms with E-state index in [-0.39, 0.29) is 16.7 Å². The van der Waals surface area contributed by atoms with Crippen molar-refractivity contribution in [3.05, 3.63) is 16.5 Å². The number of likely N-dealkylation sites (N-methyl/N-ethyl adjacent to an activating group) is 1. The Hall–Kier alpha value is -1.36. The van der Waals surface area contributed by atoms with Crippen molar-refractivity contribution in [1.82, 2.24) is 14.1 Å². The van der Waals surface area contributed by atoms with Crippen LogP contribution < -0.4 is 0 Å². The number of rotatable bonds is 5. The summed E-state index contributed by atoms with van der Waals surface area (Å²) >= 11 is 6.72. The average molecular weight is 410 g/mol. The number of ether oxygens (including phenoxy) is 1. The number of hydrogen-bond donors (Lipinski definition) is 0. The molecule has 1 aromatic rings. The molecule has 2 amide bonds. The van der Waals surface area contributed by atoms with Crippen LogP contribution in [0.5, 0.6) is 0 Å². The van der Waals surface area contributed by atoms with Crippen molar-refractivity contribution in [3.8, 4) is 0 Å². The Morgan fingerprint density at radius 2 is 1.84 bits per heavy atom. The maximum Gasteiger partial charge on any atom is 0.409 e. The van der Waals surface area contributed by atoms with Crippen LogP contribution in [0.4, 0.5) is 4.79 Å². The van der Waals surface area contributed by atoms with E-state index in [2.05, 4.69) is 0 Å². The smallest absolute Gasteiger partial charge is 0.409 e. The number of hydrogen-bond acceptors (Lipinski definition) is 6. The van der Waals surface area contributed by atoms with Crippen LogP contribution in [0.2, 0.25) is 4.34 Å². The molecule has 1 aliphatic heterocycles. The van der Waals surface area contributed by atoms with Crippen molar-refractivity contribution in [1.29, 1.82) is 0 Å². The van der Waals surface area contributed by atoms with Crippen LogP contribution in [0, 0.1) is 0 Å². The Kier molecular flexibility index (Phi) is 6.66. The monoisotopic (exact) mass is 409 g/mol. The molecule has 1 aromatic heterocycles. The molecule has 2 rings (SSSR count). The molecule has 0 aliphatic carbocycles. The predicted molar refractivity (Wildman–Crippen MR) is 94.3 cm³/mol. The molecule has 1 aliphatic rings. The summed E-state index contributed by atoms with van der Waals surface area (Å²) in [7, 11) is -2.39. The molecule has 11 heteroatoms. The van der Waals surface area contributed by atoms with Gasteiger partial charge in [-0.25, -0.2) is 13.2 Å². The minimum absolute atomic E-state index is 0.0972. The summed E-state index contributed by atoms with van der Waals surface area (Å²) < 4.78 is 31.2. The molecule has 25 heavy (non-hydrogen) atoms. The van der Waals surface area contributed by atoms with E-state index in [1.54, 1.807) is 11.8 Å². The first-order valence-electron chi connectivity index (χ1n) is 7.67. The normalized spacial score (nSPS) is 15.5. The lowest BCUT2D eigenvalue weighted by molar-refractivity contribution is -0.132. The lowest BCUT2D eigenvalue weighted by Gasteiger charge is -2.34. The van der Waals surface area contributed by atoms with Gasteiger partial charge < -0.3 is 14.5 Å². The second-order valence-corrected chi connectivity index (χ2v) is 9.37. The van der Waals surface area contributed by atoms with Gasteiger partial charge in [0.05, 0.1) is 17.5 Å². The number of thiophene rings is 1. The van der Waals surface area contributed by atoms with Gasteiger partial charge in [-0.15, -0.1) is 11.3 Å². The third-order valence-electron chi connectivity index (χ3n) is 3.73. The van der Waals surface area contributed by atoms with Gasteiger partial charge in [0.2, 0.25) is 5.91 Å². The van der Waals surface area contributed by atoms with Crippen LogP contribution in [0.3, 0.4) is 0 Å². The van der Waals surface area contributed by atoms with Crippen molar-refractivity contribution >= 4 is 45.0 Å². The number of nitrogens with zero attached hydrogens (tertiary/aromatic N) is 3. The molecule has 0 atom stereocenters.